The van der Waals surface area contributed by atoms with Gasteiger partial charge in [0.25, 0.3) is 5.91 Å². The molecule has 2 N–H and O–H groups in total. The molecule has 0 aliphatic carbocycles. The molecule has 0 radical (unpaired) electrons. The molecule has 0 spiro atoms. The minimum Gasteiger partial charge on any atom is -0.348 e. The Hall–Kier alpha value is -3.46. The van der Waals surface area contributed by atoms with Gasteiger partial charge in [-0.2, -0.15) is 5.26 Å². The number of hydrogen-bond acceptors (Lipinski definition) is 4. The lowest BCUT2D eigenvalue weighted by molar-refractivity contribution is 0.0951. The van der Waals surface area contributed by atoms with E-state index in [1.807, 2.05) is 6.07 Å². The molecule has 3 aromatic rings. The number of nitrogens with zero attached hydrogens (tertiary/aromatic N) is 2. The minimum atomic E-state index is -0.175. The van der Waals surface area contributed by atoms with Crippen LogP contribution in [0.15, 0.2) is 72.8 Å². The summed E-state index contributed by atoms with van der Waals surface area (Å²) in [5.74, 6) is -0.175. The molecule has 32 heavy (non-hydrogen) atoms. The molecule has 5 nitrogen and oxygen atoms in total. The van der Waals surface area contributed by atoms with E-state index in [4.69, 9.17) is 5.26 Å². The lowest BCUT2D eigenvalue weighted by Gasteiger charge is -2.28. The predicted octanol–water partition coefficient (Wildman–Crippen LogP) is 3.70. The Morgan fingerprint density at radius 2 is 1.78 bits per heavy atom. The Kier molecular flexibility index (Phi) is 5.72. The van der Waals surface area contributed by atoms with Crippen LogP contribution in [0.3, 0.4) is 0 Å². The van der Waals surface area contributed by atoms with Crippen LogP contribution in [0.4, 0.5) is 0 Å². The largest absolute Gasteiger partial charge is 0.348 e. The first-order chi connectivity index (χ1) is 15.7. The summed E-state index contributed by atoms with van der Waals surface area (Å²) < 4.78 is 0. The number of carbonyl (C=O) groups is 1. The molecule has 2 heterocycles. The van der Waals surface area contributed by atoms with Gasteiger partial charge >= 0.3 is 0 Å². The number of piperazine rings is 1. The van der Waals surface area contributed by atoms with Crippen molar-refractivity contribution >= 4 is 5.91 Å². The Labute approximate surface area is 188 Å². The highest BCUT2D eigenvalue weighted by Gasteiger charge is 2.37. The number of nitrogens with one attached hydrogen (secondary N) is 2. The van der Waals surface area contributed by atoms with E-state index in [1.165, 1.54) is 17.5 Å². The van der Waals surface area contributed by atoms with Crippen molar-refractivity contribution in [3.05, 3.63) is 95.1 Å². The van der Waals surface area contributed by atoms with Crippen molar-refractivity contribution in [1.29, 1.82) is 5.26 Å². The molecule has 0 aromatic heterocycles. The second kappa shape index (κ2) is 8.96. The first kappa shape index (κ1) is 20.4. The lowest BCUT2D eigenvalue weighted by atomic mass is 9.94. The molecule has 2 aliphatic heterocycles. The SMILES string of the molecule is N#Cc1cccc(C(=O)NCc2ccccc2-c2ccccc2CN2C[C@@H]3C[C@H]2CN3)c1. The first-order valence-electron chi connectivity index (χ1n) is 11.1. The highest BCUT2D eigenvalue weighted by atomic mass is 16.1. The minimum absolute atomic E-state index is 0.175. The zero-order chi connectivity index (χ0) is 21.9. The summed E-state index contributed by atoms with van der Waals surface area (Å²) in [5, 5.41) is 15.7. The molecular formula is C27H26N4O. The van der Waals surface area contributed by atoms with Crippen molar-refractivity contribution in [3.63, 3.8) is 0 Å². The molecule has 2 saturated heterocycles. The predicted molar refractivity (Wildman–Crippen MR) is 125 cm³/mol. The number of rotatable bonds is 6. The van der Waals surface area contributed by atoms with Gasteiger partial charge in [-0.15, -0.1) is 0 Å². The van der Waals surface area contributed by atoms with Gasteiger partial charge in [0.15, 0.2) is 0 Å². The van der Waals surface area contributed by atoms with E-state index < -0.39 is 0 Å². The van der Waals surface area contributed by atoms with Crippen LogP contribution in [0, 0.1) is 11.3 Å². The van der Waals surface area contributed by atoms with Crippen molar-refractivity contribution in [2.75, 3.05) is 13.1 Å². The molecule has 5 heteroatoms. The van der Waals surface area contributed by atoms with Gasteiger partial charge in [0.05, 0.1) is 11.6 Å². The van der Waals surface area contributed by atoms with Crippen LogP contribution in [-0.4, -0.2) is 36.0 Å². The number of nitriles is 1. The second-order valence-electron chi connectivity index (χ2n) is 8.61. The normalized spacial score (nSPS) is 19.6. The third kappa shape index (κ3) is 4.16. The quantitative estimate of drug-likeness (QED) is 0.636. The summed E-state index contributed by atoms with van der Waals surface area (Å²) in [5.41, 5.74) is 5.75. The Balaban J connectivity index is 1.36. The number of carbonyl (C=O) groups excluding carboxylic acids is 1. The molecule has 2 atom stereocenters. The third-order valence-electron chi connectivity index (χ3n) is 6.56. The highest BCUT2D eigenvalue weighted by molar-refractivity contribution is 5.94. The zero-order valence-corrected chi connectivity index (χ0v) is 17.9. The van der Waals surface area contributed by atoms with Gasteiger partial charge in [0.1, 0.15) is 0 Å². The molecule has 0 saturated carbocycles. The summed E-state index contributed by atoms with van der Waals surface area (Å²) in [6.45, 7) is 3.57. The highest BCUT2D eigenvalue weighted by Crippen LogP contribution is 2.31. The number of likely N-dealkylation sites (tertiary alicyclic amines) is 1. The van der Waals surface area contributed by atoms with E-state index in [0.29, 0.717) is 29.8 Å². The van der Waals surface area contributed by atoms with Gasteiger partial charge in [-0.3, -0.25) is 9.69 Å². The monoisotopic (exact) mass is 422 g/mol. The van der Waals surface area contributed by atoms with Gasteiger partial charge < -0.3 is 10.6 Å². The lowest BCUT2D eigenvalue weighted by Crippen LogP contribution is -2.43. The van der Waals surface area contributed by atoms with Gasteiger partial charge in [-0.25, -0.2) is 0 Å². The number of hydrogen-bond donors (Lipinski definition) is 2. The summed E-state index contributed by atoms with van der Waals surface area (Å²) in [6, 6.07) is 27.0. The molecule has 160 valence electrons. The van der Waals surface area contributed by atoms with Crippen LogP contribution in [0.25, 0.3) is 11.1 Å². The van der Waals surface area contributed by atoms with Crippen molar-refractivity contribution < 1.29 is 4.79 Å². The smallest absolute Gasteiger partial charge is 0.251 e. The number of benzene rings is 3. The topological polar surface area (TPSA) is 68.2 Å². The number of amides is 1. The fraction of sp³-hybridized carbons (Fsp3) is 0.259. The molecule has 2 fully saturated rings. The average molecular weight is 423 g/mol. The molecule has 2 aliphatic rings. The maximum atomic E-state index is 12.7. The molecule has 5 rings (SSSR count). The van der Waals surface area contributed by atoms with E-state index in [9.17, 15) is 4.79 Å². The summed E-state index contributed by atoms with van der Waals surface area (Å²) in [4.78, 5) is 15.3. The zero-order valence-electron chi connectivity index (χ0n) is 17.9. The fourth-order valence-corrected chi connectivity index (χ4v) is 4.93. The van der Waals surface area contributed by atoms with E-state index in [-0.39, 0.29) is 5.91 Å². The van der Waals surface area contributed by atoms with Crippen molar-refractivity contribution in [2.24, 2.45) is 0 Å². The molecule has 3 aromatic carbocycles. The van der Waals surface area contributed by atoms with E-state index in [1.54, 1.807) is 24.3 Å². The Morgan fingerprint density at radius 1 is 1.03 bits per heavy atom. The summed E-state index contributed by atoms with van der Waals surface area (Å²) in [6.07, 6.45) is 1.25. The Morgan fingerprint density at radius 3 is 2.50 bits per heavy atom. The fourth-order valence-electron chi connectivity index (χ4n) is 4.93. The van der Waals surface area contributed by atoms with Crippen molar-refractivity contribution in [2.45, 2.75) is 31.6 Å². The van der Waals surface area contributed by atoms with E-state index >= 15 is 0 Å². The maximum absolute atomic E-state index is 12.7. The van der Waals surface area contributed by atoms with Crippen LogP contribution >= 0.6 is 0 Å². The van der Waals surface area contributed by atoms with Gasteiger partial charge in [0, 0.05) is 43.8 Å². The molecule has 1 amide bonds. The Bertz CT molecular complexity index is 1180. The van der Waals surface area contributed by atoms with E-state index in [0.717, 1.165) is 30.8 Å². The van der Waals surface area contributed by atoms with Crippen LogP contribution in [0.2, 0.25) is 0 Å². The summed E-state index contributed by atoms with van der Waals surface area (Å²) in [7, 11) is 0. The van der Waals surface area contributed by atoms with Gasteiger partial charge in [-0.1, -0.05) is 54.6 Å². The third-order valence-corrected chi connectivity index (χ3v) is 6.56. The molecule has 2 bridgehead atoms. The second-order valence-corrected chi connectivity index (χ2v) is 8.61. The summed E-state index contributed by atoms with van der Waals surface area (Å²) >= 11 is 0. The van der Waals surface area contributed by atoms with Gasteiger partial charge in [0.2, 0.25) is 0 Å². The number of fused-ring (bicyclic) bond motifs is 2. The van der Waals surface area contributed by atoms with E-state index in [2.05, 4.69) is 64.1 Å². The molecular weight excluding hydrogens is 396 g/mol. The average Bonchev–Trinajstić information content (AvgIpc) is 3.47. The van der Waals surface area contributed by atoms with Crippen LogP contribution < -0.4 is 10.6 Å². The molecule has 0 unspecified atom stereocenters. The van der Waals surface area contributed by atoms with Crippen LogP contribution in [0.1, 0.15) is 33.5 Å². The van der Waals surface area contributed by atoms with Crippen molar-refractivity contribution in [3.8, 4) is 17.2 Å². The van der Waals surface area contributed by atoms with Crippen LogP contribution in [0.5, 0.6) is 0 Å². The standard InChI is InChI=1S/C27H26N4O/c28-14-19-6-5-9-20(12-19)27(32)30-15-21-7-1-3-10-25(21)26-11-4-2-8-22(26)17-31-18-23-13-24(31)16-29-23/h1-12,23-24,29H,13,15-18H2,(H,30,32)/t23-,24-/m0/s1. The van der Waals surface area contributed by atoms with Crippen molar-refractivity contribution in [1.82, 2.24) is 15.5 Å². The first-order valence-corrected chi connectivity index (χ1v) is 11.1. The van der Waals surface area contributed by atoms with Gasteiger partial charge in [-0.05, 0) is 46.9 Å². The maximum Gasteiger partial charge on any atom is 0.251 e. The van der Waals surface area contributed by atoms with Crippen LogP contribution in [-0.2, 0) is 13.1 Å².